The minimum absolute atomic E-state index is 0.0290. The third-order valence-electron chi connectivity index (χ3n) is 2.33. The zero-order chi connectivity index (χ0) is 12.2. The van der Waals surface area contributed by atoms with Crippen molar-refractivity contribution in [2.75, 3.05) is 5.75 Å². The summed E-state index contributed by atoms with van der Waals surface area (Å²) in [6, 6.07) is 7.93. The molecule has 0 heterocycles. The number of hydrogen-bond acceptors (Lipinski definition) is 2. The maximum Gasteiger partial charge on any atom is 0.265 e. The van der Waals surface area contributed by atoms with Gasteiger partial charge in [0.1, 0.15) is 0 Å². The summed E-state index contributed by atoms with van der Waals surface area (Å²) < 4.78 is 31.0. The number of aryl methyl sites for hydroxylation is 1. The normalized spacial score (nSPS) is 13.7. The molecule has 0 aliphatic carbocycles. The Balaban J connectivity index is 2.43. The molecule has 90 valence electrons. The molecule has 1 aromatic carbocycles. The number of hydrogen-bond donors (Lipinski definition) is 1. The van der Waals surface area contributed by atoms with Crippen LogP contribution in [0.25, 0.3) is 0 Å². The molecule has 1 aromatic rings. The van der Waals surface area contributed by atoms with E-state index in [9.17, 15) is 8.42 Å². The van der Waals surface area contributed by atoms with Crippen molar-refractivity contribution >= 4 is 26.0 Å². The third-order valence-corrected chi connectivity index (χ3v) is 3.85. The molecule has 0 radical (unpaired) electrons. The largest absolute Gasteiger partial charge is 0.286 e. The molecule has 0 spiro atoms. The molecule has 1 unspecified atom stereocenters. The van der Waals surface area contributed by atoms with Crippen molar-refractivity contribution in [3.05, 3.63) is 34.3 Å². The van der Waals surface area contributed by atoms with E-state index in [2.05, 4.69) is 15.9 Å². The van der Waals surface area contributed by atoms with Gasteiger partial charge < -0.3 is 0 Å². The second-order valence-corrected chi connectivity index (χ2v) is 6.43. The van der Waals surface area contributed by atoms with E-state index in [1.807, 2.05) is 31.2 Å². The Kier molecular flexibility index (Phi) is 4.95. The number of halogens is 1. The van der Waals surface area contributed by atoms with Gasteiger partial charge in [-0.15, -0.1) is 0 Å². The molecule has 1 atom stereocenters. The van der Waals surface area contributed by atoms with Crippen molar-refractivity contribution in [1.82, 2.24) is 0 Å². The third kappa shape index (κ3) is 5.63. The highest BCUT2D eigenvalue weighted by molar-refractivity contribution is 9.10. The van der Waals surface area contributed by atoms with Crippen LogP contribution in [-0.4, -0.2) is 18.7 Å². The highest BCUT2D eigenvalue weighted by atomic mass is 79.9. The SMILES string of the molecule is CC(CCc1ccc(Br)cc1)CS(=O)(=O)O. The summed E-state index contributed by atoms with van der Waals surface area (Å²) in [5, 5.41) is 0. The minimum Gasteiger partial charge on any atom is -0.286 e. The Morgan fingerprint density at radius 3 is 2.38 bits per heavy atom. The average Bonchev–Trinajstić information content (AvgIpc) is 2.14. The summed E-state index contributed by atoms with van der Waals surface area (Å²) in [5.74, 6) is -0.192. The summed E-state index contributed by atoms with van der Waals surface area (Å²) >= 11 is 3.35. The lowest BCUT2D eigenvalue weighted by atomic mass is 10.0. The first-order valence-corrected chi connectivity index (χ1v) is 7.46. The van der Waals surface area contributed by atoms with Crippen LogP contribution in [-0.2, 0) is 16.5 Å². The fourth-order valence-electron chi connectivity index (χ4n) is 1.51. The number of rotatable bonds is 5. The second-order valence-electron chi connectivity index (χ2n) is 4.02. The quantitative estimate of drug-likeness (QED) is 0.851. The molecule has 16 heavy (non-hydrogen) atoms. The van der Waals surface area contributed by atoms with Gasteiger partial charge in [0.25, 0.3) is 10.1 Å². The van der Waals surface area contributed by atoms with Gasteiger partial charge in [0.05, 0.1) is 5.75 Å². The van der Waals surface area contributed by atoms with Crippen molar-refractivity contribution in [2.24, 2.45) is 5.92 Å². The van der Waals surface area contributed by atoms with E-state index in [1.54, 1.807) is 0 Å². The molecule has 0 aliphatic heterocycles. The van der Waals surface area contributed by atoms with Gasteiger partial charge in [-0.25, -0.2) is 0 Å². The maximum atomic E-state index is 10.6. The first-order valence-electron chi connectivity index (χ1n) is 5.06. The lowest BCUT2D eigenvalue weighted by Crippen LogP contribution is -2.13. The monoisotopic (exact) mass is 306 g/mol. The number of benzene rings is 1. The molecule has 5 heteroatoms. The van der Waals surface area contributed by atoms with Gasteiger partial charge in [0, 0.05) is 4.47 Å². The van der Waals surface area contributed by atoms with Crippen molar-refractivity contribution in [1.29, 1.82) is 0 Å². The molecule has 0 saturated heterocycles. The van der Waals surface area contributed by atoms with E-state index < -0.39 is 10.1 Å². The van der Waals surface area contributed by atoms with Crippen LogP contribution in [0.15, 0.2) is 28.7 Å². The van der Waals surface area contributed by atoms with Gasteiger partial charge in [-0.1, -0.05) is 35.0 Å². The Morgan fingerprint density at radius 2 is 1.88 bits per heavy atom. The first-order chi connectivity index (χ1) is 7.37. The molecule has 1 N–H and O–H groups in total. The van der Waals surface area contributed by atoms with Crippen molar-refractivity contribution in [2.45, 2.75) is 19.8 Å². The smallest absolute Gasteiger partial charge is 0.265 e. The molecule has 3 nitrogen and oxygen atoms in total. The topological polar surface area (TPSA) is 54.4 Å². The fraction of sp³-hybridized carbons (Fsp3) is 0.455. The lowest BCUT2D eigenvalue weighted by Gasteiger charge is -2.09. The lowest BCUT2D eigenvalue weighted by molar-refractivity contribution is 0.463. The Hall–Kier alpha value is -0.390. The standard InChI is InChI=1S/C11H15BrO3S/c1-9(8-16(13,14)15)2-3-10-4-6-11(12)7-5-10/h4-7,9H,2-3,8H2,1H3,(H,13,14,15). The van der Waals surface area contributed by atoms with Crippen LogP contribution in [0, 0.1) is 5.92 Å². The van der Waals surface area contributed by atoms with Gasteiger partial charge in [-0.3, -0.25) is 4.55 Å². The molecule has 0 aromatic heterocycles. The van der Waals surface area contributed by atoms with Crippen LogP contribution in [0.4, 0.5) is 0 Å². The zero-order valence-corrected chi connectivity index (χ0v) is 11.5. The van der Waals surface area contributed by atoms with E-state index in [1.165, 1.54) is 5.56 Å². The van der Waals surface area contributed by atoms with Crippen LogP contribution in [0.2, 0.25) is 0 Å². The van der Waals surface area contributed by atoms with Crippen LogP contribution in [0.3, 0.4) is 0 Å². The molecular weight excluding hydrogens is 292 g/mol. The van der Waals surface area contributed by atoms with Crippen molar-refractivity contribution < 1.29 is 13.0 Å². The van der Waals surface area contributed by atoms with E-state index >= 15 is 0 Å². The Labute approximate surface area is 105 Å². The van der Waals surface area contributed by atoms with Gasteiger partial charge in [-0.05, 0) is 36.5 Å². The molecular formula is C11H15BrO3S. The predicted octanol–water partition coefficient (Wildman–Crippen LogP) is 2.91. The fourth-order valence-corrected chi connectivity index (χ4v) is 2.66. The van der Waals surface area contributed by atoms with Crippen LogP contribution >= 0.6 is 15.9 Å². The van der Waals surface area contributed by atoms with Gasteiger partial charge in [-0.2, -0.15) is 8.42 Å². The highest BCUT2D eigenvalue weighted by Crippen LogP contribution is 2.14. The van der Waals surface area contributed by atoms with Gasteiger partial charge >= 0.3 is 0 Å². The van der Waals surface area contributed by atoms with Crippen molar-refractivity contribution in [3.8, 4) is 0 Å². The van der Waals surface area contributed by atoms with E-state index in [0.717, 1.165) is 17.3 Å². The molecule has 1 rings (SSSR count). The van der Waals surface area contributed by atoms with Gasteiger partial charge in [0.2, 0.25) is 0 Å². The molecule has 0 aliphatic rings. The minimum atomic E-state index is -3.84. The molecule has 0 fully saturated rings. The second kappa shape index (κ2) is 5.80. The summed E-state index contributed by atoms with van der Waals surface area (Å²) in [7, 11) is -3.84. The first kappa shape index (κ1) is 13.7. The Bertz CT molecular complexity index is 425. The van der Waals surface area contributed by atoms with Crippen LogP contribution < -0.4 is 0 Å². The molecule has 0 saturated carbocycles. The average molecular weight is 307 g/mol. The predicted molar refractivity (Wildman–Crippen MR) is 68.0 cm³/mol. The van der Waals surface area contributed by atoms with Crippen LogP contribution in [0.1, 0.15) is 18.9 Å². The summed E-state index contributed by atoms with van der Waals surface area (Å²) in [6.45, 7) is 1.83. The molecule has 0 amide bonds. The maximum absolute atomic E-state index is 10.6. The summed E-state index contributed by atoms with van der Waals surface area (Å²) in [4.78, 5) is 0. The Morgan fingerprint density at radius 1 is 1.31 bits per heavy atom. The molecule has 0 bridgehead atoms. The zero-order valence-electron chi connectivity index (χ0n) is 9.06. The van der Waals surface area contributed by atoms with Crippen LogP contribution in [0.5, 0.6) is 0 Å². The van der Waals surface area contributed by atoms with E-state index in [-0.39, 0.29) is 11.7 Å². The van der Waals surface area contributed by atoms with Gasteiger partial charge in [0.15, 0.2) is 0 Å². The van der Waals surface area contributed by atoms with E-state index in [0.29, 0.717) is 0 Å². The summed E-state index contributed by atoms with van der Waals surface area (Å²) in [5.41, 5.74) is 1.17. The van der Waals surface area contributed by atoms with Crippen molar-refractivity contribution in [3.63, 3.8) is 0 Å². The highest BCUT2D eigenvalue weighted by Gasteiger charge is 2.11. The van der Waals surface area contributed by atoms with E-state index in [4.69, 9.17) is 4.55 Å². The summed E-state index contributed by atoms with van der Waals surface area (Å²) in [6.07, 6.45) is 1.57.